The number of rotatable bonds is 9. The Morgan fingerprint density at radius 1 is 1.14 bits per heavy atom. The number of hydrogen-bond donors (Lipinski definition) is 3. The van der Waals surface area contributed by atoms with E-state index in [1.165, 1.54) is 25.9 Å². The van der Waals surface area contributed by atoms with Crippen molar-refractivity contribution in [3.8, 4) is 0 Å². The summed E-state index contributed by atoms with van der Waals surface area (Å²) < 4.78 is 0. The number of carbonyl (C=O) groups excluding carboxylic acids is 1. The number of likely N-dealkylation sites (tertiary alicyclic amines) is 1. The molecule has 2 fully saturated rings. The Morgan fingerprint density at radius 2 is 1.86 bits per heavy atom. The average Bonchev–Trinajstić information content (AvgIpc) is 3.25. The van der Waals surface area contributed by atoms with Gasteiger partial charge in [0.05, 0.1) is 0 Å². The molecule has 1 aliphatic carbocycles. The number of carbonyl (C=O) groups is 1. The lowest BCUT2D eigenvalue weighted by Gasteiger charge is -2.14. The lowest BCUT2D eigenvalue weighted by atomic mass is 10.4. The van der Waals surface area contributed by atoms with E-state index in [0.717, 1.165) is 51.4 Å². The van der Waals surface area contributed by atoms with Crippen LogP contribution in [0.4, 0.5) is 0 Å². The molecule has 0 spiro atoms. The maximum Gasteiger partial charge on any atom is 0.223 e. The van der Waals surface area contributed by atoms with Gasteiger partial charge in [-0.05, 0) is 58.7 Å². The van der Waals surface area contributed by atoms with E-state index in [4.69, 9.17) is 0 Å². The topological polar surface area (TPSA) is 68.8 Å². The first-order chi connectivity index (χ1) is 10.8. The van der Waals surface area contributed by atoms with Gasteiger partial charge in [-0.15, -0.1) is 0 Å². The Labute approximate surface area is 134 Å². The number of amides is 1. The van der Waals surface area contributed by atoms with Crippen LogP contribution in [0.2, 0.25) is 0 Å². The molecule has 0 bridgehead atoms. The minimum Gasteiger partial charge on any atom is -0.357 e. The van der Waals surface area contributed by atoms with Crippen molar-refractivity contribution in [1.29, 1.82) is 0 Å². The van der Waals surface area contributed by atoms with E-state index in [1.807, 2.05) is 0 Å². The highest BCUT2D eigenvalue weighted by molar-refractivity contribution is 5.81. The second kappa shape index (κ2) is 9.66. The summed E-state index contributed by atoms with van der Waals surface area (Å²) in [5.41, 5.74) is 0. The molecule has 22 heavy (non-hydrogen) atoms. The van der Waals surface area contributed by atoms with Crippen LogP contribution < -0.4 is 16.0 Å². The highest BCUT2D eigenvalue weighted by Crippen LogP contribution is 2.28. The summed E-state index contributed by atoms with van der Waals surface area (Å²) in [7, 11) is 0. The third-order valence-corrected chi connectivity index (χ3v) is 4.11. The SMILES string of the molecule is CCNC(=NCCCN1CCCC1)NCCNC(=O)C1CC1. The minimum atomic E-state index is 0.203. The largest absolute Gasteiger partial charge is 0.357 e. The Hall–Kier alpha value is -1.30. The van der Waals surface area contributed by atoms with Gasteiger partial charge in [0, 0.05) is 32.1 Å². The molecule has 0 radical (unpaired) electrons. The van der Waals surface area contributed by atoms with Gasteiger partial charge in [-0.1, -0.05) is 0 Å². The highest BCUT2D eigenvalue weighted by Gasteiger charge is 2.28. The third-order valence-electron chi connectivity index (χ3n) is 4.11. The molecule has 1 heterocycles. The van der Waals surface area contributed by atoms with Crippen LogP contribution in [0.15, 0.2) is 4.99 Å². The molecule has 6 heteroatoms. The summed E-state index contributed by atoms with van der Waals surface area (Å²) in [4.78, 5) is 18.6. The van der Waals surface area contributed by atoms with Gasteiger partial charge in [-0.3, -0.25) is 9.79 Å². The van der Waals surface area contributed by atoms with E-state index in [0.29, 0.717) is 6.54 Å². The highest BCUT2D eigenvalue weighted by atomic mass is 16.2. The van der Waals surface area contributed by atoms with Crippen LogP contribution in [-0.4, -0.2) is 62.6 Å². The first-order valence-corrected chi connectivity index (χ1v) is 8.82. The summed E-state index contributed by atoms with van der Waals surface area (Å²) in [6, 6.07) is 0. The quantitative estimate of drug-likeness (QED) is 0.331. The van der Waals surface area contributed by atoms with E-state index < -0.39 is 0 Å². The van der Waals surface area contributed by atoms with Crippen molar-refractivity contribution in [2.24, 2.45) is 10.9 Å². The number of hydrogen-bond acceptors (Lipinski definition) is 3. The number of guanidine groups is 1. The van der Waals surface area contributed by atoms with E-state index in [-0.39, 0.29) is 11.8 Å². The molecule has 0 unspecified atom stereocenters. The van der Waals surface area contributed by atoms with Crippen LogP contribution in [0, 0.1) is 5.92 Å². The molecule has 1 saturated heterocycles. The third kappa shape index (κ3) is 6.64. The fraction of sp³-hybridized carbons (Fsp3) is 0.875. The summed E-state index contributed by atoms with van der Waals surface area (Å²) in [5, 5.41) is 9.48. The van der Waals surface area contributed by atoms with Gasteiger partial charge in [0.1, 0.15) is 0 Å². The number of aliphatic imine (C=N–C) groups is 1. The van der Waals surface area contributed by atoms with Gasteiger partial charge in [-0.2, -0.15) is 0 Å². The summed E-state index contributed by atoms with van der Waals surface area (Å²) >= 11 is 0. The number of nitrogens with zero attached hydrogens (tertiary/aromatic N) is 2. The number of nitrogens with one attached hydrogen (secondary N) is 3. The van der Waals surface area contributed by atoms with Gasteiger partial charge in [0.15, 0.2) is 5.96 Å². The molecule has 0 atom stereocenters. The van der Waals surface area contributed by atoms with Crippen molar-refractivity contribution in [3.05, 3.63) is 0 Å². The van der Waals surface area contributed by atoms with Crippen molar-refractivity contribution in [3.63, 3.8) is 0 Å². The average molecular weight is 309 g/mol. The van der Waals surface area contributed by atoms with Crippen LogP contribution in [0.3, 0.4) is 0 Å². The summed E-state index contributed by atoms with van der Waals surface area (Å²) in [6.07, 6.45) is 5.91. The van der Waals surface area contributed by atoms with Crippen molar-refractivity contribution >= 4 is 11.9 Å². The smallest absolute Gasteiger partial charge is 0.223 e. The van der Waals surface area contributed by atoms with Crippen LogP contribution in [-0.2, 0) is 4.79 Å². The Kier molecular flexibility index (Phi) is 7.49. The fourth-order valence-electron chi connectivity index (χ4n) is 2.69. The van der Waals surface area contributed by atoms with E-state index >= 15 is 0 Å². The lowest BCUT2D eigenvalue weighted by molar-refractivity contribution is -0.122. The zero-order chi connectivity index (χ0) is 15.6. The fourth-order valence-corrected chi connectivity index (χ4v) is 2.69. The Morgan fingerprint density at radius 3 is 2.55 bits per heavy atom. The Bertz CT molecular complexity index is 362. The molecular formula is C16H31N5O. The maximum atomic E-state index is 11.5. The van der Waals surface area contributed by atoms with E-state index in [1.54, 1.807) is 0 Å². The molecule has 0 aromatic heterocycles. The first-order valence-electron chi connectivity index (χ1n) is 8.82. The van der Waals surface area contributed by atoms with E-state index in [2.05, 4.69) is 32.8 Å². The predicted molar refractivity (Wildman–Crippen MR) is 90.0 cm³/mol. The van der Waals surface area contributed by atoms with Crippen LogP contribution in [0.25, 0.3) is 0 Å². The molecule has 6 nitrogen and oxygen atoms in total. The molecule has 1 aliphatic heterocycles. The molecule has 2 rings (SSSR count). The van der Waals surface area contributed by atoms with Crippen LogP contribution in [0.5, 0.6) is 0 Å². The molecule has 1 amide bonds. The molecule has 0 aromatic carbocycles. The Balaban J connectivity index is 1.55. The van der Waals surface area contributed by atoms with E-state index in [9.17, 15) is 4.79 Å². The van der Waals surface area contributed by atoms with Crippen LogP contribution >= 0.6 is 0 Å². The molecular weight excluding hydrogens is 278 g/mol. The van der Waals surface area contributed by atoms with Crippen LogP contribution in [0.1, 0.15) is 39.0 Å². The first kappa shape index (κ1) is 17.1. The van der Waals surface area contributed by atoms with Gasteiger partial charge < -0.3 is 20.9 Å². The second-order valence-corrected chi connectivity index (χ2v) is 6.16. The van der Waals surface area contributed by atoms with Crippen molar-refractivity contribution in [1.82, 2.24) is 20.9 Å². The minimum absolute atomic E-state index is 0.203. The standard InChI is InChI=1S/C16H31N5O/c1-2-17-16(19-8-5-13-21-11-3-4-12-21)20-10-9-18-15(22)14-6-7-14/h14H,2-13H2,1H3,(H,18,22)(H2,17,19,20). The molecule has 2 aliphatic rings. The zero-order valence-electron chi connectivity index (χ0n) is 13.9. The molecule has 126 valence electrons. The molecule has 3 N–H and O–H groups in total. The van der Waals surface area contributed by atoms with Crippen molar-refractivity contribution in [2.75, 3.05) is 45.8 Å². The zero-order valence-corrected chi connectivity index (χ0v) is 13.9. The van der Waals surface area contributed by atoms with Crippen molar-refractivity contribution < 1.29 is 4.79 Å². The normalized spacial score (nSPS) is 19.2. The second-order valence-electron chi connectivity index (χ2n) is 6.16. The molecule has 0 aromatic rings. The summed E-state index contributed by atoms with van der Waals surface area (Å²) in [6.45, 7) is 8.80. The van der Waals surface area contributed by atoms with Gasteiger partial charge in [-0.25, -0.2) is 0 Å². The maximum absolute atomic E-state index is 11.5. The molecule has 1 saturated carbocycles. The van der Waals surface area contributed by atoms with Gasteiger partial charge in [0.2, 0.25) is 5.91 Å². The lowest BCUT2D eigenvalue weighted by Crippen LogP contribution is -2.41. The monoisotopic (exact) mass is 309 g/mol. The van der Waals surface area contributed by atoms with Crippen molar-refractivity contribution in [2.45, 2.75) is 39.0 Å². The predicted octanol–water partition coefficient (Wildman–Crippen LogP) is 0.554. The van der Waals surface area contributed by atoms with Gasteiger partial charge >= 0.3 is 0 Å². The van der Waals surface area contributed by atoms with Gasteiger partial charge in [0.25, 0.3) is 0 Å². The summed E-state index contributed by atoms with van der Waals surface area (Å²) in [5.74, 6) is 1.34.